The van der Waals surface area contributed by atoms with Crippen molar-refractivity contribution in [1.82, 2.24) is 4.98 Å². The van der Waals surface area contributed by atoms with E-state index in [1.54, 1.807) is 18.3 Å². The molecule has 0 aliphatic carbocycles. The molecule has 0 unspecified atom stereocenters. The number of halogens is 1. The maximum absolute atomic E-state index is 11.5. The Morgan fingerprint density at radius 3 is 3.07 bits per heavy atom. The first-order valence-electron chi connectivity index (χ1n) is 4.74. The number of aromatic nitrogens is 1. The molecule has 0 aromatic carbocycles. The Bertz CT molecular complexity index is 366. The average molecular weight is 227 g/mol. The van der Waals surface area contributed by atoms with Gasteiger partial charge in [-0.25, -0.2) is 4.98 Å². The maximum Gasteiger partial charge on any atom is 0.224 e. The van der Waals surface area contributed by atoms with Crippen molar-refractivity contribution in [2.45, 2.75) is 6.42 Å². The fraction of sp³-hybridized carbons (Fsp3) is 0.400. The Labute approximate surface area is 92.6 Å². The number of hydrogen-bond donors (Lipinski definition) is 1. The Morgan fingerprint density at radius 1 is 1.67 bits per heavy atom. The van der Waals surface area contributed by atoms with Gasteiger partial charge in [-0.1, -0.05) is 11.6 Å². The van der Waals surface area contributed by atoms with Crippen molar-refractivity contribution < 1.29 is 9.53 Å². The van der Waals surface area contributed by atoms with Crippen LogP contribution in [0.4, 0.5) is 5.69 Å². The monoisotopic (exact) mass is 226 g/mol. The molecule has 0 saturated carbocycles. The number of carbonyl (C=O) groups excluding carboxylic acids is 1. The number of hydrogen-bond acceptors (Lipinski definition) is 3. The molecular weight excluding hydrogens is 216 g/mol. The molecule has 80 valence electrons. The molecule has 15 heavy (non-hydrogen) atoms. The average Bonchev–Trinajstić information content (AvgIpc) is 2.16. The summed E-state index contributed by atoms with van der Waals surface area (Å²) in [6.07, 6.45) is 2.06. The quantitative estimate of drug-likeness (QED) is 0.799. The van der Waals surface area contributed by atoms with Gasteiger partial charge in [0, 0.05) is 18.5 Å². The van der Waals surface area contributed by atoms with Gasteiger partial charge in [-0.15, -0.1) is 0 Å². The molecule has 4 nitrogen and oxygen atoms in total. The van der Waals surface area contributed by atoms with E-state index in [0.717, 1.165) is 0 Å². The van der Waals surface area contributed by atoms with Crippen molar-refractivity contribution >= 4 is 23.2 Å². The SMILES string of the molecule is O=C(CC1COC1)Nc1cccnc1Cl. The molecular formula is C10H11ClN2O2. The molecule has 1 aromatic heterocycles. The highest BCUT2D eigenvalue weighted by molar-refractivity contribution is 6.32. The summed E-state index contributed by atoms with van der Waals surface area (Å²) in [5.74, 6) is 0.304. The number of pyridine rings is 1. The first kappa shape index (κ1) is 10.4. The zero-order valence-electron chi connectivity index (χ0n) is 8.07. The molecule has 1 aliphatic rings. The van der Waals surface area contributed by atoms with Crippen LogP contribution >= 0.6 is 11.6 Å². The number of carbonyl (C=O) groups is 1. The topological polar surface area (TPSA) is 51.2 Å². The largest absolute Gasteiger partial charge is 0.381 e. The zero-order chi connectivity index (χ0) is 10.7. The van der Waals surface area contributed by atoms with Crippen molar-refractivity contribution in [3.63, 3.8) is 0 Å². The minimum absolute atomic E-state index is 0.0433. The normalized spacial score (nSPS) is 15.8. The van der Waals surface area contributed by atoms with Gasteiger partial charge in [0.15, 0.2) is 5.15 Å². The number of amides is 1. The third-order valence-corrected chi connectivity index (χ3v) is 2.52. The molecule has 0 spiro atoms. The molecule has 1 amide bonds. The predicted molar refractivity (Wildman–Crippen MR) is 56.8 cm³/mol. The molecule has 1 saturated heterocycles. The van der Waals surface area contributed by atoms with Gasteiger partial charge in [0.2, 0.25) is 5.91 Å². The number of nitrogens with zero attached hydrogens (tertiary/aromatic N) is 1. The summed E-state index contributed by atoms with van der Waals surface area (Å²) in [6.45, 7) is 1.35. The third-order valence-electron chi connectivity index (χ3n) is 2.21. The van der Waals surface area contributed by atoms with E-state index in [9.17, 15) is 4.79 Å². The van der Waals surface area contributed by atoms with Crippen molar-refractivity contribution in [3.05, 3.63) is 23.5 Å². The van der Waals surface area contributed by atoms with Crippen molar-refractivity contribution in [2.24, 2.45) is 5.92 Å². The summed E-state index contributed by atoms with van der Waals surface area (Å²) in [7, 11) is 0. The summed E-state index contributed by atoms with van der Waals surface area (Å²) in [6, 6.07) is 3.46. The second-order valence-corrected chi connectivity index (χ2v) is 3.86. The highest BCUT2D eigenvalue weighted by atomic mass is 35.5. The van der Waals surface area contributed by atoms with E-state index in [-0.39, 0.29) is 5.91 Å². The van der Waals surface area contributed by atoms with Crippen LogP contribution in [0.15, 0.2) is 18.3 Å². The minimum atomic E-state index is -0.0433. The van der Waals surface area contributed by atoms with Crippen molar-refractivity contribution in [1.29, 1.82) is 0 Å². The Hall–Kier alpha value is -1.13. The minimum Gasteiger partial charge on any atom is -0.381 e. The lowest BCUT2D eigenvalue weighted by atomic mass is 10.0. The van der Waals surface area contributed by atoms with Crippen LogP contribution in [-0.4, -0.2) is 24.1 Å². The van der Waals surface area contributed by atoms with Gasteiger partial charge >= 0.3 is 0 Å². The predicted octanol–water partition coefficient (Wildman–Crippen LogP) is 1.71. The summed E-state index contributed by atoms with van der Waals surface area (Å²) in [4.78, 5) is 15.4. The smallest absolute Gasteiger partial charge is 0.224 e. The number of ether oxygens (including phenoxy) is 1. The van der Waals surface area contributed by atoms with Gasteiger partial charge in [-0.2, -0.15) is 0 Å². The van der Waals surface area contributed by atoms with Gasteiger partial charge in [-0.05, 0) is 12.1 Å². The standard InChI is InChI=1S/C10H11ClN2O2/c11-10-8(2-1-3-12-10)13-9(14)4-7-5-15-6-7/h1-3,7H,4-6H2,(H,13,14). The third kappa shape index (κ3) is 2.67. The van der Waals surface area contributed by atoms with E-state index in [4.69, 9.17) is 16.3 Å². The maximum atomic E-state index is 11.5. The molecule has 5 heteroatoms. The first-order valence-corrected chi connectivity index (χ1v) is 5.11. The highest BCUT2D eigenvalue weighted by Gasteiger charge is 2.21. The van der Waals surface area contributed by atoms with E-state index in [1.165, 1.54) is 0 Å². The molecule has 0 bridgehead atoms. The lowest BCUT2D eigenvalue weighted by Gasteiger charge is -2.25. The summed E-state index contributed by atoms with van der Waals surface area (Å²) in [5.41, 5.74) is 0.560. The zero-order valence-corrected chi connectivity index (χ0v) is 8.83. The van der Waals surface area contributed by atoms with Crippen LogP contribution in [0.3, 0.4) is 0 Å². The van der Waals surface area contributed by atoms with Crippen LogP contribution in [0.5, 0.6) is 0 Å². The fourth-order valence-corrected chi connectivity index (χ4v) is 1.51. The lowest BCUT2D eigenvalue weighted by Crippen LogP contribution is -2.31. The number of anilines is 1. The Morgan fingerprint density at radius 2 is 2.47 bits per heavy atom. The second-order valence-electron chi connectivity index (χ2n) is 3.50. The van der Waals surface area contributed by atoms with E-state index in [0.29, 0.717) is 36.4 Å². The van der Waals surface area contributed by atoms with Gasteiger partial charge in [-0.3, -0.25) is 4.79 Å². The van der Waals surface area contributed by atoms with Gasteiger partial charge in [0.25, 0.3) is 0 Å². The van der Waals surface area contributed by atoms with Crippen LogP contribution in [0.1, 0.15) is 6.42 Å². The van der Waals surface area contributed by atoms with Gasteiger partial charge < -0.3 is 10.1 Å². The van der Waals surface area contributed by atoms with E-state index in [1.807, 2.05) is 0 Å². The van der Waals surface area contributed by atoms with Gasteiger partial charge in [0.1, 0.15) is 0 Å². The second kappa shape index (κ2) is 4.59. The Kier molecular flexibility index (Phi) is 3.18. The fourth-order valence-electron chi connectivity index (χ4n) is 1.35. The van der Waals surface area contributed by atoms with Crippen molar-refractivity contribution in [3.8, 4) is 0 Å². The molecule has 0 radical (unpaired) electrons. The number of rotatable bonds is 3. The molecule has 2 heterocycles. The molecule has 1 N–H and O–H groups in total. The molecule has 2 rings (SSSR count). The summed E-state index contributed by atoms with van der Waals surface area (Å²) >= 11 is 5.80. The van der Waals surface area contributed by atoms with Gasteiger partial charge in [0.05, 0.1) is 18.9 Å². The summed E-state index contributed by atoms with van der Waals surface area (Å²) in [5, 5.41) is 3.04. The highest BCUT2D eigenvalue weighted by Crippen LogP contribution is 2.19. The van der Waals surface area contributed by atoms with Crippen LogP contribution in [0.2, 0.25) is 5.15 Å². The van der Waals surface area contributed by atoms with Crippen LogP contribution < -0.4 is 5.32 Å². The number of nitrogens with one attached hydrogen (secondary N) is 1. The molecule has 1 aliphatic heterocycles. The first-order chi connectivity index (χ1) is 7.25. The summed E-state index contributed by atoms with van der Waals surface area (Å²) < 4.78 is 4.99. The Balaban J connectivity index is 1.90. The molecule has 1 aromatic rings. The van der Waals surface area contributed by atoms with Crippen LogP contribution in [0.25, 0.3) is 0 Å². The van der Waals surface area contributed by atoms with E-state index >= 15 is 0 Å². The van der Waals surface area contributed by atoms with Crippen LogP contribution in [-0.2, 0) is 9.53 Å². The van der Waals surface area contributed by atoms with Crippen molar-refractivity contribution in [2.75, 3.05) is 18.5 Å². The molecule has 1 fully saturated rings. The van der Waals surface area contributed by atoms with E-state index in [2.05, 4.69) is 10.3 Å². The molecule has 0 atom stereocenters. The van der Waals surface area contributed by atoms with E-state index < -0.39 is 0 Å². The lowest BCUT2D eigenvalue weighted by molar-refractivity contribution is -0.121. The van der Waals surface area contributed by atoms with Crippen LogP contribution in [0, 0.1) is 5.92 Å².